The van der Waals surface area contributed by atoms with E-state index in [4.69, 9.17) is 0 Å². The lowest BCUT2D eigenvalue weighted by atomic mass is 9.74. The number of rotatable bonds is 5. The van der Waals surface area contributed by atoms with Gasteiger partial charge in [-0.3, -0.25) is 4.79 Å². The Morgan fingerprint density at radius 1 is 1.06 bits per heavy atom. The molecule has 2 aromatic carbocycles. The zero-order chi connectivity index (χ0) is 25.3. The van der Waals surface area contributed by atoms with Crippen LogP contribution < -0.4 is 0 Å². The van der Waals surface area contributed by atoms with Crippen molar-refractivity contribution in [1.29, 1.82) is 0 Å². The first-order chi connectivity index (χ1) is 17.3. The highest BCUT2D eigenvalue weighted by Crippen LogP contribution is 2.43. The van der Waals surface area contributed by atoms with Gasteiger partial charge in [0, 0.05) is 31.1 Å². The fourth-order valence-corrected chi connectivity index (χ4v) is 5.87. The molecule has 0 bridgehead atoms. The van der Waals surface area contributed by atoms with Gasteiger partial charge in [0.25, 0.3) is 0 Å². The van der Waals surface area contributed by atoms with E-state index >= 15 is 0 Å². The van der Waals surface area contributed by atoms with E-state index in [0.717, 1.165) is 38.1 Å². The topological polar surface area (TPSA) is 43.8 Å². The maximum atomic E-state index is 13.4. The molecule has 190 valence electrons. The Bertz CT molecular complexity index is 1160. The molecule has 2 aromatic rings. The molecule has 2 heterocycles. The van der Waals surface area contributed by atoms with Gasteiger partial charge in [0.15, 0.2) is 17.5 Å². The van der Waals surface area contributed by atoms with Crippen molar-refractivity contribution in [3.8, 4) is 0 Å². The normalized spacial score (nSPS) is 20.8. The van der Waals surface area contributed by atoms with Gasteiger partial charge < -0.3 is 14.9 Å². The van der Waals surface area contributed by atoms with Crippen molar-refractivity contribution in [3.05, 3.63) is 82.7 Å². The summed E-state index contributed by atoms with van der Waals surface area (Å²) in [5, 5.41) is 10.9. The molecule has 3 aliphatic rings. The van der Waals surface area contributed by atoms with Crippen molar-refractivity contribution in [2.45, 2.75) is 37.2 Å². The number of benzene rings is 2. The molecule has 0 aromatic heterocycles. The predicted octanol–water partition coefficient (Wildman–Crippen LogP) is 4.78. The van der Waals surface area contributed by atoms with E-state index in [0.29, 0.717) is 32.5 Å². The Labute approximate surface area is 209 Å². The van der Waals surface area contributed by atoms with Gasteiger partial charge in [0.2, 0.25) is 5.91 Å². The molecule has 7 heteroatoms. The van der Waals surface area contributed by atoms with E-state index in [9.17, 15) is 23.1 Å². The molecule has 1 unspecified atom stereocenters. The predicted molar refractivity (Wildman–Crippen MR) is 133 cm³/mol. The van der Waals surface area contributed by atoms with Crippen molar-refractivity contribution in [2.75, 3.05) is 32.7 Å². The largest absolute Gasteiger partial charge is 0.392 e. The van der Waals surface area contributed by atoms with Crippen molar-refractivity contribution in [2.24, 2.45) is 5.92 Å². The van der Waals surface area contributed by atoms with Crippen molar-refractivity contribution in [1.82, 2.24) is 9.80 Å². The molecule has 1 aliphatic carbocycles. The second-order valence-electron chi connectivity index (χ2n) is 10.2. The van der Waals surface area contributed by atoms with Crippen LogP contribution in [0.3, 0.4) is 0 Å². The number of piperidine rings is 2. The standard InChI is InChI=1S/C29H31F3N2O2/c30-24-17-20(18-25(31)28(24)32)5-6-27(36)34-13-8-22(9-14-34)26(35)19-33-15-11-29(12-16-33)10-7-21-3-1-2-4-23(21)29/h1-7,10,17-18,22,26,35H,8-9,11-16,19H2. The number of halogens is 3. The van der Waals surface area contributed by atoms with E-state index in [1.165, 1.54) is 23.3 Å². The van der Waals surface area contributed by atoms with E-state index in [1.807, 2.05) is 0 Å². The third-order valence-corrected chi connectivity index (χ3v) is 8.09. The fourth-order valence-electron chi connectivity index (χ4n) is 5.87. The zero-order valence-corrected chi connectivity index (χ0v) is 20.2. The minimum absolute atomic E-state index is 0.0879. The van der Waals surface area contributed by atoms with Gasteiger partial charge in [-0.25, -0.2) is 13.2 Å². The maximum absolute atomic E-state index is 13.4. The van der Waals surface area contributed by atoms with Gasteiger partial charge >= 0.3 is 0 Å². The summed E-state index contributed by atoms with van der Waals surface area (Å²) < 4.78 is 39.8. The van der Waals surface area contributed by atoms with E-state index in [-0.39, 0.29) is 22.8 Å². The summed E-state index contributed by atoms with van der Waals surface area (Å²) in [5.41, 5.74) is 2.96. The molecule has 1 spiro atoms. The molecular weight excluding hydrogens is 465 g/mol. The SMILES string of the molecule is O=C(C=Cc1cc(F)c(F)c(F)c1)N1CCC(C(O)CN2CCC3(C=Cc4ccccc43)CC2)CC1. The van der Waals surface area contributed by atoms with Crippen LogP contribution in [0.1, 0.15) is 42.4 Å². The summed E-state index contributed by atoms with van der Waals surface area (Å²) >= 11 is 0. The number of likely N-dealkylation sites (tertiary alicyclic amines) is 2. The fraction of sp³-hybridized carbons (Fsp3) is 0.414. The molecule has 0 radical (unpaired) electrons. The highest BCUT2D eigenvalue weighted by molar-refractivity contribution is 5.91. The molecule has 1 N–H and O–H groups in total. The van der Waals surface area contributed by atoms with Crippen LogP contribution in [-0.2, 0) is 10.2 Å². The van der Waals surface area contributed by atoms with Crippen LogP contribution in [0.25, 0.3) is 12.2 Å². The molecule has 5 rings (SSSR count). The summed E-state index contributed by atoms with van der Waals surface area (Å²) in [4.78, 5) is 16.5. The third kappa shape index (κ3) is 5.00. The first-order valence-corrected chi connectivity index (χ1v) is 12.7. The van der Waals surface area contributed by atoms with Gasteiger partial charge in [-0.05, 0) is 79.6 Å². The molecule has 2 saturated heterocycles. The van der Waals surface area contributed by atoms with Crippen LogP contribution in [0.5, 0.6) is 0 Å². The van der Waals surface area contributed by atoms with E-state index in [2.05, 4.69) is 41.3 Å². The zero-order valence-electron chi connectivity index (χ0n) is 20.2. The van der Waals surface area contributed by atoms with Crippen LogP contribution in [0, 0.1) is 23.4 Å². The van der Waals surface area contributed by atoms with Crippen LogP contribution in [0.15, 0.2) is 48.6 Å². The Morgan fingerprint density at radius 2 is 1.72 bits per heavy atom. The Kier molecular flexibility index (Phi) is 7.04. The number of aliphatic hydroxyl groups is 1. The van der Waals surface area contributed by atoms with Gasteiger partial charge in [0.1, 0.15) is 0 Å². The van der Waals surface area contributed by atoms with Gasteiger partial charge in [-0.15, -0.1) is 0 Å². The summed E-state index contributed by atoms with van der Waals surface area (Å²) in [5.74, 6) is -4.24. The molecule has 2 fully saturated rings. The lowest BCUT2D eigenvalue weighted by molar-refractivity contribution is -0.128. The second-order valence-corrected chi connectivity index (χ2v) is 10.2. The number of hydrogen-bond donors (Lipinski definition) is 1. The van der Waals surface area contributed by atoms with Crippen molar-refractivity contribution in [3.63, 3.8) is 0 Å². The first kappa shape index (κ1) is 24.8. The van der Waals surface area contributed by atoms with Crippen LogP contribution in [0.4, 0.5) is 13.2 Å². The number of allylic oxidation sites excluding steroid dienone is 1. The molecule has 4 nitrogen and oxygen atoms in total. The summed E-state index contributed by atoms with van der Waals surface area (Å²) in [6.45, 7) is 3.57. The minimum Gasteiger partial charge on any atom is -0.392 e. The van der Waals surface area contributed by atoms with Crippen LogP contribution in [-0.4, -0.2) is 59.6 Å². The van der Waals surface area contributed by atoms with E-state index in [1.54, 1.807) is 4.90 Å². The third-order valence-electron chi connectivity index (χ3n) is 8.09. The molecule has 0 saturated carbocycles. The average Bonchev–Trinajstić information content (AvgIpc) is 3.25. The molecular formula is C29H31F3N2O2. The number of β-amino-alcohol motifs (C(OH)–C–C–N with tert-alkyl or cyclic N) is 1. The smallest absolute Gasteiger partial charge is 0.246 e. The number of amides is 1. The minimum atomic E-state index is -1.52. The average molecular weight is 497 g/mol. The van der Waals surface area contributed by atoms with Crippen LogP contribution in [0.2, 0.25) is 0 Å². The number of fused-ring (bicyclic) bond motifs is 2. The Hall–Kier alpha value is -2.90. The highest BCUT2D eigenvalue weighted by atomic mass is 19.2. The Balaban J connectivity index is 1.08. The lowest BCUT2D eigenvalue weighted by Gasteiger charge is -2.41. The molecule has 2 aliphatic heterocycles. The van der Waals surface area contributed by atoms with Gasteiger partial charge in [-0.1, -0.05) is 36.4 Å². The number of aliphatic hydroxyl groups excluding tert-OH is 1. The summed E-state index contributed by atoms with van der Waals surface area (Å²) in [6.07, 6.45) is 10.2. The molecule has 1 atom stereocenters. The Morgan fingerprint density at radius 3 is 2.42 bits per heavy atom. The monoisotopic (exact) mass is 496 g/mol. The quantitative estimate of drug-likeness (QED) is 0.479. The number of nitrogens with zero attached hydrogens (tertiary/aromatic N) is 2. The number of carbonyl (C=O) groups is 1. The highest BCUT2D eigenvalue weighted by Gasteiger charge is 2.38. The molecule has 36 heavy (non-hydrogen) atoms. The van der Waals surface area contributed by atoms with Crippen molar-refractivity contribution < 1.29 is 23.1 Å². The van der Waals surface area contributed by atoms with Gasteiger partial charge in [0.05, 0.1) is 6.10 Å². The van der Waals surface area contributed by atoms with E-state index < -0.39 is 23.6 Å². The van der Waals surface area contributed by atoms with Gasteiger partial charge in [-0.2, -0.15) is 0 Å². The summed E-state index contributed by atoms with van der Waals surface area (Å²) in [7, 11) is 0. The van der Waals surface area contributed by atoms with Crippen molar-refractivity contribution >= 4 is 18.1 Å². The maximum Gasteiger partial charge on any atom is 0.246 e. The second kappa shape index (κ2) is 10.2. The molecule has 1 amide bonds. The first-order valence-electron chi connectivity index (χ1n) is 12.7. The lowest BCUT2D eigenvalue weighted by Crippen LogP contribution is -2.47. The summed E-state index contributed by atoms with van der Waals surface area (Å²) in [6, 6.07) is 10.3. The number of carbonyl (C=O) groups excluding carboxylic acids is 1. The number of hydrogen-bond acceptors (Lipinski definition) is 3. The van der Waals surface area contributed by atoms with Crippen LogP contribution >= 0.6 is 0 Å².